The van der Waals surface area contributed by atoms with E-state index in [-0.39, 0.29) is 56.0 Å². The molecule has 14 nitrogen and oxygen atoms in total. The van der Waals surface area contributed by atoms with Crippen molar-refractivity contribution in [2.24, 2.45) is 5.92 Å². The summed E-state index contributed by atoms with van der Waals surface area (Å²) < 4.78 is 40.1. The zero-order chi connectivity index (χ0) is 36.6. The number of likely N-dealkylation sites (tertiary alicyclic amines) is 2. The first-order valence-electron chi connectivity index (χ1n) is 18.5. The van der Waals surface area contributed by atoms with Crippen LogP contribution in [0.25, 0.3) is 0 Å². The molecule has 1 aliphatic carbocycles. The average molecular weight is 748 g/mol. The number of ketones is 1. The molecule has 1 saturated carbocycles. The Morgan fingerprint density at radius 1 is 0.980 bits per heavy atom. The highest BCUT2D eigenvalue weighted by atomic mass is 35.5. The molecule has 5 aliphatic heterocycles. The first-order valence-corrected chi connectivity index (χ1v) is 19.0. The second-order valence-corrected chi connectivity index (χ2v) is 15.6. The number of carbonyl (C=O) groups is 4. The molecule has 5 saturated heterocycles. The quantitative estimate of drug-likeness (QED) is 0.173. The lowest BCUT2D eigenvalue weighted by Crippen LogP contribution is -2.80. The van der Waals surface area contributed by atoms with Crippen LogP contribution in [0, 0.1) is 5.92 Å². The smallest absolute Gasteiger partial charge is 0.389 e. The van der Waals surface area contributed by atoms with Gasteiger partial charge in [-0.2, -0.15) is 13.2 Å². The van der Waals surface area contributed by atoms with Gasteiger partial charge in [0, 0.05) is 70.6 Å². The first kappa shape index (κ1) is 38.6. The molecule has 6 aliphatic rings. The number of rotatable bonds is 7. The van der Waals surface area contributed by atoms with E-state index in [1.54, 1.807) is 4.90 Å². The predicted molar refractivity (Wildman–Crippen MR) is 181 cm³/mol. The minimum atomic E-state index is -4.34. The van der Waals surface area contributed by atoms with Crippen LogP contribution < -0.4 is 26.6 Å². The van der Waals surface area contributed by atoms with Gasteiger partial charge >= 0.3 is 6.18 Å². The molecule has 0 bridgehead atoms. The van der Waals surface area contributed by atoms with Crippen LogP contribution >= 0.6 is 11.6 Å². The van der Waals surface area contributed by atoms with E-state index < -0.39 is 71.9 Å². The molecule has 0 aromatic carbocycles. The number of nitrogens with zero attached hydrogens (tertiary/aromatic N) is 4. The van der Waals surface area contributed by atoms with Gasteiger partial charge in [0.15, 0.2) is 5.78 Å². The zero-order valence-corrected chi connectivity index (χ0v) is 30.1. The van der Waals surface area contributed by atoms with E-state index in [1.807, 2.05) is 23.6 Å². The Kier molecular flexibility index (Phi) is 12.2. The van der Waals surface area contributed by atoms with Gasteiger partial charge in [-0.3, -0.25) is 44.9 Å². The molecule has 5 heterocycles. The molecule has 0 aromatic heterocycles. The fourth-order valence-electron chi connectivity index (χ4n) is 8.94. The first-order chi connectivity index (χ1) is 24.3. The lowest BCUT2D eigenvalue weighted by atomic mass is 9.84. The van der Waals surface area contributed by atoms with Gasteiger partial charge in [0.05, 0.1) is 42.2 Å². The molecule has 288 valence electrons. The van der Waals surface area contributed by atoms with E-state index in [1.165, 1.54) is 0 Å². The number of aliphatic hydroxyl groups is 1. The average Bonchev–Trinajstić information content (AvgIpc) is 3.65. The van der Waals surface area contributed by atoms with Gasteiger partial charge in [-0.1, -0.05) is 6.92 Å². The predicted octanol–water partition coefficient (Wildman–Crippen LogP) is -1.24. The number of amides is 3. The number of Topliss-reactive ketones (excluding diaryl/α,β-unsaturated/α-hetero) is 1. The summed E-state index contributed by atoms with van der Waals surface area (Å²) in [5.41, 5.74) is 0. The number of alkyl halides is 4. The number of piperidine rings is 1. The zero-order valence-electron chi connectivity index (χ0n) is 29.3. The van der Waals surface area contributed by atoms with Gasteiger partial charge in [-0.15, -0.1) is 11.6 Å². The Bertz CT molecular complexity index is 1290. The van der Waals surface area contributed by atoms with E-state index >= 15 is 0 Å². The molecule has 0 radical (unpaired) electrons. The molecule has 0 aromatic rings. The van der Waals surface area contributed by atoms with Gasteiger partial charge in [-0.25, -0.2) is 0 Å². The van der Waals surface area contributed by atoms with Crippen molar-refractivity contribution in [3.63, 3.8) is 0 Å². The van der Waals surface area contributed by atoms with Crippen molar-refractivity contribution in [1.29, 1.82) is 0 Å². The van der Waals surface area contributed by atoms with E-state index in [0.717, 1.165) is 12.8 Å². The molecule has 0 spiro atoms. The van der Waals surface area contributed by atoms with Gasteiger partial charge in [0.25, 0.3) is 0 Å². The normalized spacial score (nSPS) is 38.7. The number of hydrogen-bond acceptors (Lipinski definition) is 11. The topological polar surface area (TPSA) is 162 Å². The van der Waals surface area contributed by atoms with E-state index in [0.29, 0.717) is 52.4 Å². The largest absolute Gasteiger partial charge is 0.391 e. The van der Waals surface area contributed by atoms with Crippen LogP contribution in [0.1, 0.15) is 52.4 Å². The maximum atomic E-state index is 14.4. The van der Waals surface area contributed by atoms with Gasteiger partial charge in [-0.05, 0) is 45.4 Å². The molecule has 6 rings (SSSR count). The van der Waals surface area contributed by atoms with Crippen LogP contribution in [0.5, 0.6) is 0 Å². The number of halogens is 4. The third-order valence-electron chi connectivity index (χ3n) is 11.9. The van der Waals surface area contributed by atoms with Gasteiger partial charge < -0.3 is 25.5 Å². The Hall–Kier alpha value is -2.12. The molecule has 6 N–H and O–H groups in total. The summed E-state index contributed by atoms with van der Waals surface area (Å²) in [7, 11) is 0. The highest BCUT2D eigenvalue weighted by Gasteiger charge is 2.54. The number of carbonyl (C=O) groups excluding carboxylic acids is 4. The van der Waals surface area contributed by atoms with E-state index in [4.69, 9.17) is 11.6 Å². The maximum Gasteiger partial charge on any atom is 0.391 e. The maximum absolute atomic E-state index is 14.4. The molecule has 11 unspecified atom stereocenters. The van der Waals surface area contributed by atoms with E-state index in [2.05, 4.69) is 31.5 Å². The summed E-state index contributed by atoms with van der Waals surface area (Å²) in [6, 6.07) is -3.99. The van der Waals surface area contributed by atoms with Crippen molar-refractivity contribution in [2.75, 3.05) is 59.0 Å². The SMILES string of the molecule is CCC1C(N2CCN(C(=O)C3NCNC(C)C3O)CC2)C(=O)C2NCC(C(=O)N3CCCC3)NC2N1CC(=O)NC1CCC(C(F)(F)F)CC1Cl. The lowest BCUT2D eigenvalue weighted by molar-refractivity contribution is -0.182. The minimum absolute atomic E-state index is 0.0552. The highest BCUT2D eigenvalue weighted by molar-refractivity contribution is 6.21. The molecular formula is C33H53ClF3N9O5. The fourth-order valence-corrected chi connectivity index (χ4v) is 9.34. The minimum Gasteiger partial charge on any atom is -0.389 e. The summed E-state index contributed by atoms with van der Waals surface area (Å²) >= 11 is 6.40. The number of aliphatic hydroxyl groups excluding tert-OH is 1. The Balaban J connectivity index is 1.17. The van der Waals surface area contributed by atoms with Crippen LogP contribution in [-0.2, 0) is 19.2 Å². The van der Waals surface area contributed by atoms with Crippen LogP contribution in [0.15, 0.2) is 0 Å². The van der Waals surface area contributed by atoms with Crippen molar-refractivity contribution in [3.8, 4) is 0 Å². The molecule has 18 heteroatoms. The van der Waals surface area contributed by atoms with Crippen LogP contribution in [0.3, 0.4) is 0 Å². The number of fused-ring (bicyclic) bond motifs is 1. The van der Waals surface area contributed by atoms with E-state index in [9.17, 15) is 37.5 Å². The van der Waals surface area contributed by atoms with Crippen molar-refractivity contribution in [2.45, 2.75) is 118 Å². The fraction of sp³-hybridized carbons (Fsp3) is 0.879. The molecule has 51 heavy (non-hydrogen) atoms. The third-order valence-corrected chi connectivity index (χ3v) is 12.4. The summed E-state index contributed by atoms with van der Waals surface area (Å²) in [5, 5.41) is 25.5. The van der Waals surface area contributed by atoms with Crippen molar-refractivity contribution in [3.05, 3.63) is 0 Å². The summed E-state index contributed by atoms with van der Waals surface area (Å²) in [4.78, 5) is 62.5. The van der Waals surface area contributed by atoms with Gasteiger partial charge in [0.1, 0.15) is 12.1 Å². The molecule has 6 fully saturated rings. The van der Waals surface area contributed by atoms with Crippen molar-refractivity contribution >= 4 is 35.1 Å². The standard InChI is InChI=1S/C33H53ClF3N9O5/c1-3-23-27(43-10-12-45(13-11-43)32(51)26-28(48)18(2)39-17-40-26)29(49)25-30(42-22(15-38-25)31(50)44-8-4-5-9-44)46(23)16-24(47)41-21-7-6-19(14-20(21)34)33(35,36)37/h18-23,25-28,30,38-40,42,48H,3-17H2,1-2H3,(H,41,47). The Morgan fingerprint density at radius 3 is 2.31 bits per heavy atom. The highest BCUT2D eigenvalue weighted by Crippen LogP contribution is 2.39. The van der Waals surface area contributed by atoms with Crippen LogP contribution in [0.2, 0.25) is 0 Å². The lowest BCUT2D eigenvalue weighted by Gasteiger charge is -2.55. The third kappa shape index (κ3) is 8.20. The second-order valence-electron chi connectivity index (χ2n) is 15.0. The molecular weight excluding hydrogens is 695 g/mol. The number of piperazine rings is 2. The summed E-state index contributed by atoms with van der Waals surface area (Å²) in [5.74, 6) is -2.22. The number of nitrogens with one attached hydrogen (secondary N) is 5. The van der Waals surface area contributed by atoms with Crippen molar-refractivity contribution in [1.82, 2.24) is 46.2 Å². The van der Waals surface area contributed by atoms with Crippen LogP contribution in [0.4, 0.5) is 13.2 Å². The van der Waals surface area contributed by atoms with Crippen LogP contribution in [-0.4, -0.2) is 173 Å². The Labute approximate surface area is 301 Å². The Morgan fingerprint density at radius 2 is 1.67 bits per heavy atom. The molecule has 11 atom stereocenters. The van der Waals surface area contributed by atoms with Gasteiger partial charge in [0.2, 0.25) is 17.7 Å². The second kappa shape index (κ2) is 16.1. The summed E-state index contributed by atoms with van der Waals surface area (Å²) in [6.45, 7) is 7.14. The molecule has 3 amide bonds. The summed E-state index contributed by atoms with van der Waals surface area (Å²) in [6.07, 6.45) is -3.83. The monoisotopic (exact) mass is 747 g/mol. The number of hydrogen-bond donors (Lipinski definition) is 6. The van der Waals surface area contributed by atoms with Crippen molar-refractivity contribution < 1.29 is 37.5 Å².